The summed E-state index contributed by atoms with van der Waals surface area (Å²) < 4.78 is 355. The molecule has 0 amide bonds. The summed E-state index contributed by atoms with van der Waals surface area (Å²) in [7, 11) is -1.16. The van der Waals surface area contributed by atoms with Gasteiger partial charge in [-0.05, 0) is 80.1 Å². The Morgan fingerprint density at radius 1 is 0.346 bits per heavy atom. The summed E-state index contributed by atoms with van der Waals surface area (Å²) >= 11 is 0. The molecule has 1 heterocycles. The third-order valence-electron chi connectivity index (χ3n) is 17.3. The zero-order valence-electron chi connectivity index (χ0n) is 55.3. The molecule has 0 aromatic heterocycles. The maximum atomic E-state index is 14.2. The Labute approximate surface area is 612 Å². The number of aliphatic imine (C=N–C) groups is 1. The van der Waals surface area contributed by atoms with Crippen LogP contribution in [0, 0.1) is 0 Å². The van der Waals surface area contributed by atoms with Gasteiger partial charge in [0.2, 0.25) is 5.90 Å². The SMILES string of the molecule is C1=C\CC/C=C\CC/1.C[C@@H]1OC(c2ccccc2)=N[C@@H]1C(Cc1ccccc1)(Cc1ccccc1)OP(c1ccccc1)c1ccccc1.FC(F)(F)c1cc([B-](c2cc(C(F)(F)F)cc(C(F)(F)F)c2)(c2cc(C(F)(F)F)cc(C(F)(F)F)c2)c2cc(C(F)(F)F)cc(C(F)(F)F)c2)cc(C(F)(F)F)c1.[Ir]. The molecule has 9 aromatic rings. The first-order valence-corrected chi connectivity index (χ1v) is 33.4. The fourth-order valence-corrected chi connectivity index (χ4v) is 14.5. The molecule has 0 spiro atoms. The van der Waals surface area contributed by atoms with Crippen LogP contribution in [0.1, 0.15) is 93.8 Å². The van der Waals surface area contributed by atoms with Gasteiger partial charge in [0.25, 0.3) is 0 Å². The van der Waals surface area contributed by atoms with E-state index in [1.54, 1.807) is 0 Å². The van der Waals surface area contributed by atoms with E-state index in [0.29, 0.717) is 18.7 Å². The van der Waals surface area contributed by atoms with Crippen LogP contribution in [0.3, 0.4) is 0 Å². The second-order valence-corrected chi connectivity index (χ2v) is 26.6. The fourth-order valence-electron chi connectivity index (χ4n) is 12.5. The van der Waals surface area contributed by atoms with Crippen LogP contribution in [-0.2, 0) is 91.6 Å². The van der Waals surface area contributed by atoms with Gasteiger partial charge >= 0.3 is 49.4 Å². The normalized spacial score (nSPS) is 16.1. The third kappa shape index (κ3) is 21.2. The van der Waals surface area contributed by atoms with E-state index in [4.69, 9.17) is 14.3 Å². The molecule has 107 heavy (non-hydrogen) atoms. The topological polar surface area (TPSA) is 30.8 Å². The molecule has 9 aromatic carbocycles. The minimum Gasteiger partial charge on any atom is -0.472 e. The molecule has 11 rings (SSSR count). The van der Waals surface area contributed by atoms with Crippen LogP contribution in [-0.4, -0.2) is 29.8 Å². The predicted octanol–water partition coefficient (Wildman–Crippen LogP) is 21.4. The van der Waals surface area contributed by atoms with Crippen LogP contribution >= 0.6 is 8.15 Å². The summed E-state index contributed by atoms with van der Waals surface area (Å²) in [6, 6.07) is 43.7. The molecule has 0 N–H and O–H groups in total. The van der Waals surface area contributed by atoms with E-state index in [1.807, 2.05) is 18.2 Å². The van der Waals surface area contributed by atoms with Gasteiger partial charge in [0.15, 0.2) is 0 Å². The summed E-state index contributed by atoms with van der Waals surface area (Å²) in [4.78, 5) is 5.32. The maximum absolute atomic E-state index is 14.2. The van der Waals surface area contributed by atoms with Gasteiger partial charge in [-0.25, -0.2) is 4.99 Å². The maximum Gasteiger partial charge on any atom is 0.416 e. The molecule has 3 nitrogen and oxygen atoms in total. The predicted molar refractivity (Wildman–Crippen MR) is 357 cm³/mol. The van der Waals surface area contributed by atoms with Crippen molar-refractivity contribution in [3.05, 3.63) is 310 Å². The van der Waals surface area contributed by atoms with Crippen LogP contribution in [0.2, 0.25) is 0 Å². The fraction of sp³-hybridized carbons (Fsp3) is 0.234. The van der Waals surface area contributed by atoms with Gasteiger partial charge in [0.1, 0.15) is 23.9 Å². The van der Waals surface area contributed by atoms with E-state index in [2.05, 4.69) is 165 Å². The van der Waals surface area contributed by atoms with Crippen molar-refractivity contribution < 1.29 is 135 Å². The van der Waals surface area contributed by atoms with Crippen molar-refractivity contribution >= 4 is 52.7 Å². The number of halogens is 24. The molecule has 0 saturated carbocycles. The number of ether oxygens (including phenoxy) is 1. The van der Waals surface area contributed by atoms with Crippen molar-refractivity contribution in [3.63, 3.8) is 0 Å². The Kier molecular flexibility index (Phi) is 26.3. The summed E-state index contributed by atoms with van der Waals surface area (Å²) in [5.74, 6) is 0.681. The first kappa shape index (κ1) is 84.0. The monoisotopic (exact) mass is 1720 g/mol. The summed E-state index contributed by atoms with van der Waals surface area (Å²) in [5, 5.41) is 2.36. The van der Waals surface area contributed by atoms with Gasteiger partial charge in [0.05, 0.1) is 52.7 Å². The van der Waals surface area contributed by atoms with E-state index < -0.39 is 208 Å². The molecule has 0 bridgehead atoms. The van der Waals surface area contributed by atoms with Gasteiger partial charge in [-0.15, -0.1) is 0 Å². The number of hydrogen-bond donors (Lipinski definition) is 0. The van der Waals surface area contributed by atoms with Crippen LogP contribution in [0.15, 0.2) is 254 Å². The molecule has 569 valence electrons. The summed E-state index contributed by atoms with van der Waals surface area (Å²) in [6.07, 6.45) is -39.6. The zero-order valence-corrected chi connectivity index (χ0v) is 58.6. The number of allylic oxidation sites excluding steroid dienone is 4. The van der Waals surface area contributed by atoms with E-state index in [9.17, 15) is 105 Å². The molecule has 1 aliphatic heterocycles. The Morgan fingerprint density at radius 2 is 0.579 bits per heavy atom. The first-order valence-electron chi connectivity index (χ1n) is 32.1. The molecule has 1 aliphatic carbocycles. The molecule has 2 aliphatic rings. The largest absolute Gasteiger partial charge is 0.472 e. The van der Waals surface area contributed by atoms with Crippen molar-refractivity contribution in [1.29, 1.82) is 0 Å². The van der Waals surface area contributed by atoms with Crippen molar-refractivity contribution in [1.82, 2.24) is 0 Å². The van der Waals surface area contributed by atoms with Gasteiger partial charge in [-0.3, -0.25) is 0 Å². The summed E-state index contributed by atoms with van der Waals surface area (Å²) in [5.41, 5.74) is -27.5. The van der Waals surface area contributed by atoms with E-state index in [0.717, 1.165) is 5.56 Å². The smallest absolute Gasteiger partial charge is 0.416 e. The Bertz CT molecular complexity index is 3980. The number of alkyl halides is 24. The average Bonchev–Trinajstić information content (AvgIpc) is 1.18. The molecule has 0 unspecified atom stereocenters. The quantitative estimate of drug-likeness (QED) is 0.0470. The molecule has 2 atom stereocenters. The van der Waals surface area contributed by atoms with Crippen molar-refractivity contribution in [2.75, 3.05) is 0 Å². The standard InChI is InChI=1S/C37H34NO2P.C32H12BF24.C8H12.Ir/c1-29-35(38-36(39-29)32-21-11-4-12-22-32)37(27-30-17-7-2-8-18-30,28-31-19-9-3-10-20-31)40-41(33-23-13-5-14-24-33)34-25-15-6-16-26-34;34-25(35,36)13-1-14(26(37,38)39)6-21(5-13)33(22-7-15(27(40,41)42)2-16(8-22)28(43,44)45,23-9-17(29(46,47)48)3-18(10-23)30(49,50)51)24-11-19(31(52,53)54)4-20(12-24)32(55,56)57;1-2-4-6-8-7-5-3-1;/h2-26,29,35H,27-28H2,1H3;1-12H;1-2,7-8H,3-6H2;/q;-1;;/b;;2-1-,8-7-;/t29-,35-;;;/m0.../s1. The van der Waals surface area contributed by atoms with Gasteiger partial charge in [0, 0.05) is 49.1 Å². The number of rotatable bonds is 14. The van der Waals surface area contributed by atoms with E-state index in [-0.39, 0.29) is 32.3 Å². The van der Waals surface area contributed by atoms with Crippen LogP contribution < -0.4 is 32.5 Å². The average molecular weight is 1720 g/mol. The Hall–Kier alpha value is -8.65. The van der Waals surface area contributed by atoms with Crippen LogP contribution in [0.5, 0.6) is 0 Å². The Balaban J connectivity index is 0.000000251. The minimum absolute atomic E-state index is 0. The van der Waals surface area contributed by atoms with Crippen molar-refractivity contribution in [2.24, 2.45) is 4.99 Å². The van der Waals surface area contributed by atoms with Crippen molar-refractivity contribution in [3.8, 4) is 0 Å². The number of nitrogens with zero attached hydrogens (tertiary/aromatic N) is 1. The zero-order chi connectivity index (χ0) is 77.5. The summed E-state index contributed by atoms with van der Waals surface area (Å²) in [6.45, 7) is 2.13. The number of benzene rings is 9. The third-order valence-corrected chi connectivity index (χ3v) is 19.4. The molecular weight excluding hydrogens is 1660 g/mol. The van der Waals surface area contributed by atoms with Crippen LogP contribution in [0.4, 0.5) is 105 Å². The molecule has 0 saturated heterocycles. The minimum atomic E-state index is -6.13. The second kappa shape index (κ2) is 33.5. The number of hydrogen-bond acceptors (Lipinski definition) is 3. The van der Waals surface area contributed by atoms with Gasteiger partial charge in [-0.2, -0.15) is 127 Å². The molecular formula is C77H58BF24IrNO2P-. The van der Waals surface area contributed by atoms with Gasteiger partial charge < -0.3 is 9.26 Å². The molecule has 1 radical (unpaired) electrons. The van der Waals surface area contributed by atoms with Crippen LogP contribution in [0.25, 0.3) is 0 Å². The second-order valence-electron chi connectivity index (χ2n) is 24.8. The van der Waals surface area contributed by atoms with E-state index in [1.165, 1.54) is 47.4 Å². The first-order chi connectivity index (χ1) is 49.5. The Morgan fingerprint density at radius 3 is 0.822 bits per heavy atom. The van der Waals surface area contributed by atoms with Gasteiger partial charge in [-0.1, -0.05) is 212 Å². The molecule has 30 heteroatoms. The molecule has 0 fully saturated rings. The van der Waals surface area contributed by atoms with E-state index >= 15 is 0 Å². The van der Waals surface area contributed by atoms with Crippen molar-refractivity contribution in [2.45, 2.75) is 113 Å².